The van der Waals surface area contributed by atoms with Crippen LogP contribution in [-0.2, 0) is 11.8 Å². The molecule has 19 heteroatoms. The Labute approximate surface area is 183 Å². The minimum atomic E-state index is -7.54. The molecule has 0 saturated heterocycles. The van der Waals surface area contributed by atoms with Crippen molar-refractivity contribution in [2.45, 2.75) is 47.9 Å². The Morgan fingerprint density at radius 2 is 0.636 bits per heavy atom. The molecule has 1 aromatic carbocycles. The predicted octanol–water partition coefficient (Wildman–Crippen LogP) is 8.14. The van der Waals surface area contributed by atoms with Gasteiger partial charge in [-0.3, -0.25) is 0 Å². The van der Waals surface area contributed by atoms with Gasteiger partial charge in [-0.05, 0) is 40.8 Å². The topological polar surface area (TPSA) is 0 Å². The molecule has 192 valence electrons. The molecule has 0 spiro atoms. The first-order valence-corrected chi connectivity index (χ1v) is 8.40. The number of benzene rings is 1. The second-order valence-electron chi connectivity index (χ2n) is 6.17. The van der Waals surface area contributed by atoms with Gasteiger partial charge in [0.05, 0.1) is 0 Å². The molecule has 0 amide bonds. The number of alkyl halides is 18. The Bertz CT molecular complexity index is 809. The summed E-state index contributed by atoms with van der Waals surface area (Å²) in [6.45, 7) is 0. The lowest BCUT2D eigenvalue weighted by atomic mass is 9.91. The summed E-state index contributed by atoms with van der Waals surface area (Å²) < 4.78 is 233. The molecule has 0 bridgehead atoms. The van der Waals surface area contributed by atoms with Gasteiger partial charge in [0.25, 0.3) is 0 Å². The molecule has 0 saturated carbocycles. The van der Waals surface area contributed by atoms with Gasteiger partial charge in [0.15, 0.2) is 0 Å². The zero-order valence-corrected chi connectivity index (χ0v) is 16.6. The normalized spacial score (nSPS) is 15.7. The highest BCUT2D eigenvalue weighted by atomic mass is 127. The van der Waals surface area contributed by atoms with Gasteiger partial charge < -0.3 is 0 Å². The number of hydrogen-bond donors (Lipinski definition) is 0. The lowest BCUT2D eigenvalue weighted by Gasteiger charge is -2.35. The van der Waals surface area contributed by atoms with Gasteiger partial charge in [-0.15, -0.1) is 0 Å². The molecule has 0 radical (unpaired) electrons. The van der Waals surface area contributed by atoms with E-state index >= 15 is 0 Å². The van der Waals surface area contributed by atoms with E-state index in [4.69, 9.17) is 0 Å². The lowest BCUT2D eigenvalue weighted by molar-refractivity contribution is -0.400. The van der Waals surface area contributed by atoms with Crippen molar-refractivity contribution in [2.24, 2.45) is 0 Å². The minimum Gasteiger partial charge on any atom is -0.194 e. The molecule has 1 rings (SSSR count). The molecule has 0 atom stereocenters. The highest BCUT2D eigenvalue weighted by molar-refractivity contribution is 14.1. The first-order valence-electron chi connectivity index (χ1n) is 7.32. The third-order valence-corrected chi connectivity index (χ3v) is 4.54. The van der Waals surface area contributed by atoms with E-state index in [0.29, 0.717) is 22.6 Å². The van der Waals surface area contributed by atoms with Gasteiger partial charge in [0.2, 0.25) is 0 Å². The monoisotopic (exact) mass is 640 g/mol. The third-order valence-electron chi connectivity index (χ3n) is 3.91. The molecule has 0 aromatic heterocycles. The fourth-order valence-electron chi connectivity index (χ4n) is 2.07. The van der Waals surface area contributed by atoms with Gasteiger partial charge >= 0.3 is 47.9 Å². The van der Waals surface area contributed by atoms with E-state index in [1.165, 1.54) is 0 Å². The highest BCUT2D eigenvalue weighted by Crippen LogP contribution is 2.59. The van der Waals surface area contributed by atoms with Crippen molar-refractivity contribution >= 4 is 22.6 Å². The Morgan fingerprint density at radius 3 is 0.848 bits per heavy atom. The summed E-state index contributed by atoms with van der Waals surface area (Å²) in [7, 11) is 0. The van der Waals surface area contributed by atoms with E-state index in [1.54, 1.807) is 0 Å². The zero-order valence-electron chi connectivity index (χ0n) is 14.4. The van der Waals surface area contributed by atoms with Gasteiger partial charge in [-0.2, -0.15) is 79.0 Å². The van der Waals surface area contributed by atoms with Crippen molar-refractivity contribution in [1.29, 1.82) is 0 Å². The van der Waals surface area contributed by atoms with Crippen molar-refractivity contribution < 1.29 is 79.0 Å². The summed E-state index contributed by atoms with van der Waals surface area (Å²) in [4.78, 5) is 0. The van der Waals surface area contributed by atoms with Crippen LogP contribution in [0.15, 0.2) is 18.2 Å². The molecule has 0 fully saturated rings. The fraction of sp³-hybridized carbons (Fsp3) is 0.571. The van der Waals surface area contributed by atoms with Gasteiger partial charge in [0.1, 0.15) is 0 Å². The summed E-state index contributed by atoms with van der Waals surface area (Å²) in [6, 6.07) is -2.29. The van der Waals surface area contributed by atoms with Crippen LogP contribution in [0.5, 0.6) is 0 Å². The first kappa shape index (κ1) is 29.7. The van der Waals surface area contributed by atoms with Crippen molar-refractivity contribution in [1.82, 2.24) is 0 Å². The molecule has 1 aromatic rings. The van der Waals surface area contributed by atoms with E-state index in [-0.39, 0.29) is 0 Å². The summed E-state index contributed by atoms with van der Waals surface area (Å²) in [6.07, 6.45) is -14.7. The molecule has 0 aliphatic rings. The summed E-state index contributed by atoms with van der Waals surface area (Å²) in [5.74, 6) is -43.6. The summed E-state index contributed by atoms with van der Waals surface area (Å²) >= 11 is 0.566. The molecular formula is C14H3F18I. The van der Waals surface area contributed by atoms with Crippen molar-refractivity contribution in [3.8, 4) is 0 Å². The van der Waals surface area contributed by atoms with Crippen LogP contribution in [0.3, 0.4) is 0 Å². The Morgan fingerprint density at radius 1 is 0.394 bits per heavy atom. The maximum absolute atomic E-state index is 13.9. The highest BCUT2D eigenvalue weighted by Gasteiger charge is 2.83. The van der Waals surface area contributed by atoms with Gasteiger partial charge in [0, 0.05) is 14.7 Å². The average molecular weight is 640 g/mol. The van der Waals surface area contributed by atoms with Crippen LogP contribution in [0.2, 0.25) is 0 Å². The van der Waals surface area contributed by atoms with E-state index in [2.05, 4.69) is 0 Å². The summed E-state index contributed by atoms with van der Waals surface area (Å²) in [5.41, 5.74) is -5.88. The molecule has 0 aliphatic heterocycles. The summed E-state index contributed by atoms with van der Waals surface area (Å²) in [5, 5.41) is 0. The quantitative estimate of drug-likeness (QED) is 0.218. The molecular weight excluding hydrogens is 637 g/mol. The molecule has 33 heavy (non-hydrogen) atoms. The van der Waals surface area contributed by atoms with Crippen LogP contribution in [-0.4, -0.2) is 36.0 Å². The average Bonchev–Trinajstić information content (AvgIpc) is 2.58. The smallest absolute Gasteiger partial charge is 0.194 e. The molecule has 0 unspecified atom stereocenters. The second-order valence-corrected chi connectivity index (χ2v) is 7.42. The Balaban J connectivity index is 3.80. The van der Waals surface area contributed by atoms with Crippen molar-refractivity contribution in [3.63, 3.8) is 0 Å². The first-order chi connectivity index (χ1) is 14.1. The fourth-order valence-corrected chi connectivity index (χ4v) is 2.74. The van der Waals surface area contributed by atoms with Gasteiger partial charge in [-0.25, -0.2) is 0 Å². The number of halogens is 19. The maximum Gasteiger partial charge on any atom is 0.460 e. The van der Waals surface area contributed by atoms with E-state index < -0.39 is 80.8 Å². The maximum atomic E-state index is 13.9. The zero-order chi connectivity index (χ0) is 26.9. The molecule has 0 heterocycles. The number of rotatable bonds is 6. The van der Waals surface area contributed by atoms with Crippen LogP contribution in [0.25, 0.3) is 0 Å². The third kappa shape index (κ3) is 4.30. The van der Waals surface area contributed by atoms with Crippen LogP contribution >= 0.6 is 22.6 Å². The Kier molecular flexibility index (Phi) is 7.07. The van der Waals surface area contributed by atoms with Crippen molar-refractivity contribution in [3.05, 3.63) is 32.9 Å². The lowest BCUT2D eigenvalue weighted by Crippen LogP contribution is -2.60. The number of hydrogen-bond acceptors (Lipinski definition) is 0. The molecule has 0 aliphatic carbocycles. The van der Waals surface area contributed by atoms with E-state index in [0.717, 1.165) is 0 Å². The Hall–Kier alpha value is -1.31. The predicted molar refractivity (Wildman–Crippen MR) is 78.8 cm³/mol. The van der Waals surface area contributed by atoms with Gasteiger partial charge in [-0.1, -0.05) is 0 Å². The SMILES string of the molecule is FC(F)(F)C(F)(F)C(F)(F)C(F)(F)c1cc(I)cc(C(F)(F)C(F)(F)C(F)(F)C(F)(F)F)c1. The largest absolute Gasteiger partial charge is 0.460 e. The molecule has 0 nitrogen and oxygen atoms in total. The standard InChI is InChI=1S/C14H3F18I/c15-7(16,9(19,20)11(23,24)13(27,28)29)4-1-5(3-6(33)2-4)8(17,18)10(21,22)12(25,26)14(30,31)32/h1-3H. The van der Waals surface area contributed by atoms with E-state index in [9.17, 15) is 79.0 Å². The molecule has 0 N–H and O–H groups in total. The van der Waals surface area contributed by atoms with Crippen LogP contribution < -0.4 is 0 Å². The minimum absolute atomic E-state index is 0.486. The van der Waals surface area contributed by atoms with Crippen molar-refractivity contribution in [2.75, 3.05) is 0 Å². The van der Waals surface area contributed by atoms with Crippen LogP contribution in [0.1, 0.15) is 11.1 Å². The van der Waals surface area contributed by atoms with Crippen LogP contribution in [0, 0.1) is 3.57 Å². The van der Waals surface area contributed by atoms with Crippen LogP contribution in [0.4, 0.5) is 79.0 Å². The second kappa shape index (κ2) is 7.85. The van der Waals surface area contributed by atoms with E-state index in [1.807, 2.05) is 0 Å².